The third-order valence-corrected chi connectivity index (χ3v) is 7.24. The van der Waals surface area contributed by atoms with Crippen LogP contribution in [-0.2, 0) is 13.0 Å². The number of carbonyl (C=O) groups is 2. The van der Waals surface area contributed by atoms with Crippen LogP contribution in [0, 0.1) is 5.92 Å². The number of benzene rings is 4. The Morgan fingerprint density at radius 1 is 0.649 bits per heavy atom. The summed E-state index contributed by atoms with van der Waals surface area (Å²) >= 11 is 0. The monoisotopic (exact) mass is 488 g/mol. The first-order chi connectivity index (χ1) is 18.1. The van der Waals surface area contributed by atoms with Crippen LogP contribution < -0.4 is 0 Å². The maximum absolute atomic E-state index is 13.2. The van der Waals surface area contributed by atoms with Gasteiger partial charge in [-0.05, 0) is 48.1 Å². The Kier molecular flexibility index (Phi) is 7.57. The van der Waals surface area contributed by atoms with Gasteiger partial charge < -0.3 is 0 Å². The SMILES string of the molecule is C[C@@H](c1ccccc1)N(Cc1ccccc1)CC(Cc1ccccc1)CN1C(=O)c2ccccc2C1=O. The van der Waals surface area contributed by atoms with Gasteiger partial charge in [0.05, 0.1) is 11.1 Å². The molecular weight excluding hydrogens is 456 g/mol. The highest BCUT2D eigenvalue weighted by Gasteiger charge is 2.37. The summed E-state index contributed by atoms with van der Waals surface area (Å²) < 4.78 is 0. The van der Waals surface area contributed by atoms with E-state index in [2.05, 4.69) is 72.5 Å². The maximum atomic E-state index is 13.2. The summed E-state index contributed by atoms with van der Waals surface area (Å²) in [4.78, 5) is 30.4. The number of fused-ring (bicyclic) bond motifs is 1. The topological polar surface area (TPSA) is 40.6 Å². The van der Waals surface area contributed by atoms with E-state index in [1.54, 1.807) is 12.1 Å². The molecule has 0 fully saturated rings. The van der Waals surface area contributed by atoms with Crippen LogP contribution in [0.1, 0.15) is 50.4 Å². The Balaban J connectivity index is 1.44. The molecule has 4 heteroatoms. The molecule has 4 nitrogen and oxygen atoms in total. The van der Waals surface area contributed by atoms with Crippen molar-refractivity contribution in [3.8, 4) is 0 Å². The second-order valence-electron chi connectivity index (χ2n) is 9.82. The van der Waals surface area contributed by atoms with Crippen LogP contribution in [-0.4, -0.2) is 34.7 Å². The van der Waals surface area contributed by atoms with Gasteiger partial charge in [-0.25, -0.2) is 0 Å². The molecule has 0 saturated heterocycles. The normalized spacial score (nSPS) is 14.6. The number of carbonyl (C=O) groups excluding carboxylic acids is 2. The summed E-state index contributed by atoms with van der Waals surface area (Å²) in [6.07, 6.45) is 0.779. The van der Waals surface area contributed by atoms with Crippen molar-refractivity contribution in [1.82, 2.24) is 9.80 Å². The molecule has 2 atom stereocenters. The number of amides is 2. The summed E-state index contributed by atoms with van der Waals surface area (Å²) in [6.45, 7) is 4.14. The third-order valence-electron chi connectivity index (χ3n) is 7.24. The van der Waals surface area contributed by atoms with Gasteiger partial charge in [0.1, 0.15) is 0 Å². The van der Waals surface area contributed by atoms with Gasteiger partial charge in [-0.15, -0.1) is 0 Å². The van der Waals surface area contributed by atoms with E-state index in [1.807, 2.05) is 42.5 Å². The second-order valence-corrected chi connectivity index (χ2v) is 9.82. The molecule has 0 saturated carbocycles. The first-order valence-electron chi connectivity index (χ1n) is 12.9. The van der Waals surface area contributed by atoms with E-state index in [0.29, 0.717) is 17.7 Å². The molecule has 1 aliphatic heterocycles. The Morgan fingerprint density at radius 2 is 1.14 bits per heavy atom. The lowest BCUT2D eigenvalue weighted by Crippen LogP contribution is -2.41. The standard InChI is InChI=1S/C33H32N2O2/c1-25(29-17-9-4-10-18-29)34(22-27-15-7-3-8-16-27)23-28(21-26-13-5-2-6-14-26)24-35-32(36)30-19-11-12-20-31(30)33(35)37/h2-20,25,28H,21-24H2,1H3/t25-,28?/m0/s1. The van der Waals surface area contributed by atoms with E-state index in [-0.39, 0.29) is 23.8 Å². The maximum Gasteiger partial charge on any atom is 0.261 e. The summed E-state index contributed by atoms with van der Waals surface area (Å²) in [5, 5.41) is 0. The molecule has 5 rings (SSSR count). The minimum atomic E-state index is -0.190. The molecule has 0 bridgehead atoms. The van der Waals surface area contributed by atoms with E-state index in [9.17, 15) is 9.59 Å². The molecule has 0 aliphatic carbocycles. The van der Waals surface area contributed by atoms with Gasteiger partial charge in [0.15, 0.2) is 0 Å². The second kappa shape index (κ2) is 11.4. The Bertz CT molecular complexity index is 1300. The minimum absolute atomic E-state index is 0.0690. The van der Waals surface area contributed by atoms with Gasteiger partial charge in [0, 0.05) is 25.7 Å². The van der Waals surface area contributed by atoms with Crippen LogP contribution in [0.15, 0.2) is 115 Å². The van der Waals surface area contributed by atoms with E-state index in [0.717, 1.165) is 19.5 Å². The fourth-order valence-corrected chi connectivity index (χ4v) is 5.25. The van der Waals surface area contributed by atoms with Crippen LogP contribution in [0.5, 0.6) is 0 Å². The predicted molar refractivity (Wildman–Crippen MR) is 147 cm³/mol. The zero-order chi connectivity index (χ0) is 25.6. The molecule has 0 radical (unpaired) electrons. The van der Waals surface area contributed by atoms with Crippen LogP contribution in [0.2, 0.25) is 0 Å². The molecule has 0 spiro atoms. The van der Waals surface area contributed by atoms with Crippen molar-refractivity contribution in [3.63, 3.8) is 0 Å². The van der Waals surface area contributed by atoms with Crippen molar-refractivity contribution in [2.75, 3.05) is 13.1 Å². The Morgan fingerprint density at radius 3 is 1.70 bits per heavy atom. The largest absolute Gasteiger partial charge is 0.292 e. The summed E-state index contributed by atoms with van der Waals surface area (Å²) in [6, 6.07) is 38.7. The molecule has 1 aliphatic rings. The molecule has 4 aromatic carbocycles. The number of hydrogen-bond donors (Lipinski definition) is 0. The smallest absolute Gasteiger partial charge is 0.261 e. The number of imide groups is 1. The average Bonchev–Trinajstić information content (AvgIpc) is 3.18. The van der Waals surface area contributed by atoms with Crippen molar-refractivity contribution in [1.29, 1.82) is 0 Å². The molecule has 37 heavy (non-hydrogen) atoms. The van der Waals surface area contributed by atoms with E-state index in [4.69, 9.17) is 0 Å². The summed E-state index contributed by atoms with van der Waals surface area (Å²) in [7, 11) is 0. The lowest BCUT2D eigenvalue weighted by Gasteiger charge is -2.34. The first kappa shape index (κ1) is 24.7. The quantitative estimate of drug-likeness (QED) is 0.242. The molecule has 1 heterocycles. The lowest BCUT2D eigenvalue weighted by molar-refractivity contribution is 0.0602. The zero-order valence-electron chi connectivity index (χ0n) is 21.2. The van der Waals surface area contributed by atoms with Crippen molar-refractivity contribution in [2.45, 2.75) is 25.9 Å². The highest BCUT2D eigenvalue weighted by atomic mass is 16.2. The van der Waals surface area contributed by atoms with Crippen LogP contribution in [0.4, 0.5) is 0 Å². The van der Waals surface area contributed by atoms with Crippen molar-refractivity contribution in [3.05, 3.63) is 143 Å². The molecule has 2 amide bonds. The van der Waals surface area contributed by atoms with Gasteiger partial charge in [-0.1, -0.05) is 103 Å². The highest BCUT2D eigenvalue weighted by Crippen LogP contribution is 2.28. The third kappa shape index (κ3) is 5.71. The Labute approximate surface area is 219 Å². The van der Waals surface area contributed by atoms with E-state index in [1.165, 1.54) is 21.6 Å². The molecule has 1 unspecified atom stereocenters. The first-order valence-corrected chi connectivity index (χ1v) is 12.9. The highest BCUT2D eigenvalue weighted by molar-refractivity contribution is 6.21. The van der Waals surface area contributed by atoms with Gasteiger partial charge in [-0.2, -0.15) is 0 Å². The number of rotatable bonds is 10. The van der Waals surface area contributed by atoms with Crippen LogP contribution in [0.25, 0.3) is 0 Å². The van der Waals surface area contributed by atoms with Gasteiger partial charge in [0.25, 0.3) is 11.8 Å². The van der Waals surface area contributed by atoms with E-state index < -0.39 is 0 Å². The fraction of sp³-hybridized carbons (Fsp3) is 0.212. The lowest BCUT2D eigenvalue weighted by atomic mass is 9.96. The van der Waals surface area contributed by atoms with Crippen molar-refractivity contribution < 1.29 is 9.59 Å². The van der Waals surface area contributed by atoms with Gasteiger partial charge in [0.2, 0.25) is 0 Å². The number of hydrogen-bond acceptors (Lipinski definition) is 3. The predicted octanol–water partition coefficient (Wildman–Crippen LogP) is 6.40. The summed E-state index contributed by atoms with van der Waals surface area (Å²) in [5.74, 6) is -0.312. The zero-order valence-corrected chi connectivity index (χ0v) is 21.2. The van der Waals surface area contributed by atoms with Crippen LogP contribution in [0.3, 0.4) is 0 Å². The Hall–Kier alpha value is -4.02. The van der Waals surface area contributed by atoms with Gasteiger partial charge in [-0.3, -0.25) is 19.4 Å². The average molecular weight is 489 g/mol. The molecular formula is C33H32N2O2. The van der Waals surface area contributed by atoms with Crippen molar-refractivity contribution in [2.24, 2.45) is 5.92 Å². The van der Waals surface area contributed by atoms with E-state index >= 15 is 0 Å². The molecule has 0 aromatic heterocycles. The van der Waals surface area contributed by atoms with Crippen LogP contribution >= 0.6 is 0 Å². The molecule has 4 aromatic rings. The van der Waals surface area contributed by atoms with Crippen molar-refractivity contribution >= 4 is 11.8 Å². The summed E-state index contributed by atoms with van der Waals surface area (Å²) in [5.41, 5.74) is 4.70. The van der Waals surface area contributed by atoms with Gasteiger partial charge >= 0.3 is 0 Å². The molecule has 186 valence electrons. The number of nitrogens with zero attached hydrogens (tertiary/aromatic N) is 2. The molecule has 0 N–H and O–H groups in total. The minimum Gasteiger partial charge on any atom is -0.292 e. The fourth-order valence-electron chi connectivity index (χ4n) is 5.25.